The molecule has 2 nitrogen and oxygen atoms in total. The van der Waals surface area contributed by atoms with E-state index in [0.29, 0.717) is 23.1 Å². The molecule has 0 saturated carbocycles. The number of nitrogens with one attached hydrogen (secondary N) is 1. The molecule has 2 atom stereocenters. The standard InChI is InChI=1S/C21H19F6NOS/c1-18(2)13-9-11(19(29,20(22,23)24)21(25,26)27)7-8-15(13)28-17-12-5-3-4-6-16(12)30-10-14(17)18/h3-9,14,17,28-29H,10H2,1-2H3. The summed E-state index contributed by atoms with van der Waals surface area (Å²) in [5.74, 6) is 0.596. The zero-order valence-corrected chi connectivity index (χ0v) is 16.8. The van der Waals surface area contributed by atoms with E-state index in [1.54, 1.807) is 11.8 Å². The number of aliphatic hydroxyl groups is 1. The number of halogens is 6. The van der Waals surface area contributed by atoms with Gasteiger partial charge in [-0.2, -0.15) is 26.3 Å². The monoisotopic (exact) mass is 447 g/mol. The molecule has 0 aromatic heterocycles. The summed E-state index contributed by atoms with van der Waals surface area (Å²) in [7, 11) is 0. The summed E-state index contributed by atoms with van der Waals surface area (Å²) in [6, 6.07) is 10.5. The molecule has 2 N–H and O–H groups in total. The molecule has 0 amide bonds. The van der Waals surface area contributed by atoms with Crippen molar-refractivity contribution in [3.8, 4) is 0 Å². The van der Waals surface area contributed by atoms with Crippen LogP contribution < -0.4 is 5.32 Å². The Kier molecular flexibility index (Phi) is 4.67. The molecule has 9 heteroatoms. The van der Waals surface area contributed by atoms with Crippen molar-refractivity contribution in [2.24, 2.45) is 5.92 Å². The van der Waals surface area contributed by atoms with Gasteiger partial charge in [0.15, 0.2) is 0 Å². The molecule has 2 aliphatic heterocycles. The van der Waals surface area contributed by atoms with Crippen molar-refractivity contribution >= 4 is 17.4 Å². The highest BCUT2D eigenvalue weighted by Crippen LogP contribution is 2.56. The number of hydrogen-bond donors (Lipinski definition) is 2. The fraction of sp³-hybridized carbons (Fsp3) is 0.429. The molecule has 0 bridgehead atoms. The van der Waals surface area contributed by atoms with Crippen LogP contribution in [0.25, 0.3) is 0 Å². The van der Waals surface area contributed by atoms with Crippen molar-refractivity contribution in [2.45, 2.75) is 48.2 Å². The first-order valence-electron chi connectivity index (χ1n) is 9.27. The number of alkyl halides is 6. The summed E-state index contributed by atoms with van der Waals surface area (Å²) in [6.07, 6.45) is -11.8. The molecule has 2 aromatic rings. The maximum absolute atomic E-state index is 13.4. The van der Waals surface area contributed by atoms with Gasteiger partial charge < -0.3 is 10.4 Å². The van der Waals surface area contributed by atoms with Gasteiger partial charge >= 0.3 is 12.4 Å². The molecule has 2 heterocycles. The van der Waals surface area contributed by atoms with Crippen LogP contribution in [0.15, 0.2) is 47.4 Å². The first-order valence-corrected chi connectivity index (χ1v) is 10.3. The zero-order valence-electron chi connectivity index (χ0n) is 16.0. The molecule has 0 fully saturated rings. The average Bonchev–Trinajstić information content (AvgIpc) is 2.65. The van der Waals surface area contributed by atoms with Crippen molar-refractivity contribution in [1.82, 2.24) is 0 Å². The topological polar surface area (TPSA) is 32.3 Å². The number of fused-ring (bicyclic) bond motifs is 4. The van der Waals surface area contributed by atoms with Gasteiger partial charge in [-0.25, -0.2) is 0 Å². The third kappa shape index (κ3) is 2.92. The van der Waals surface area contributed by atoms with Crippen LogP contribution in [-0.4, -0.2) is 23.2 Å². The van der Waals surface area contributed by atoms with Crippen LogP contribution in [-0.2, 0) is 11.0 Å². The fourth-order valence-corrected chi connectivity index (χ4v) is 5.95. The Bertz CT molecular complexity index is 970. The Morgan fingerprint density at radius 3 is 2.27 bits per heavy atom. The van der Waals surface area contributed by atoms with Gasteiger partial charge in [0, 0.05) is 27.8 Å². The fourth-order valence-electron chi connectivity index (χ4n) is 4.45. The normalized spacial score (nSPS) is 23.1. The second-order valence-electron chi connectivity index (χ2n) is 8.27. The minimum atomic E-state index is -5.91. The second kappa shape index (κ2) is 6.56. The minimum Gasteiger partial charge on any atom is -0.378 e. The quantitative estimate of drug-likeness (QED) is 0.513. The van der Waals surface area contributed by atoms with E-state index in [0.717, 1.165) is 16.5 Å². The van der Waals surface area contributed by atoms with E-state index in [-0.39, 0.29) is 12.0 Å². The molecule has 2 unspecified atom stereocenters. The SMILES string of the molecule is CC1(C)c2cc(C(O)(C(F)(F)F)C(F)(F)F)ccc2NC2c3ccccc3SCC21. The van der Waals surface area contributed by atoms with Gasteiger partial charge in [0.1, 0.15) is 0 Å². The van der Waals surface area contributed by atoms with Gasteiger partial charge in [-0.1, -0.05) is 38.1 Å². The highest BCUT2D eigenvalue weighted by atomic mass is 32.2. The summed E-state index contributed by atoms with van der Waals surface area (Å²) in [5.41, 5.74) is -5.02. The molecule has 0 radical (unpaired) electrons. The van der Waals surface area contributed by atoms with E-state index in [4.69, 9.17) is 0 Å². The molecule has 2 aromatic carbocycles. The zero-order chi connectivity index (χ0) is 22.1. The Morgan fingerprint density at radius 2 is 1.63 bits per heavy atom. The third-order valence-corrected chi connectivity index (χ3v) is 7.47. The van der Waals surface area contributed by atoms with Crippen molar-refractivity contribution in [1.29, 1.82) is 0 Å². The second-order valence-corrected chi connectivity index (χ2v) is 9.33. The summed E-state index contributed by atoms with van der Waals surface area (Å²) < 4.78 is 80.1. The van der Waals surface area contributed by atoms with Crippen molar-refractivity contribution < 1.29 is 31.4 Å². The van der Waals surface area contributed by atoms with Gasteiger partial charge in [-0.05, 0) is 34.7 Å². The lowest BCUT2D eigenvalue weighted by Gasteiger charge is -2.49. The molecule has 30 heavy (non-hydrogen) atoms. The predicted octanol–water partition coefficient (Wildman–Crippen LogP) is 6.17. The Morgan fingerprint density at radius 1 is 1.00 bits per heavy atom. The largest absolute Gasteiger partial charge is 0.430 e. The lowest BCUT2D eigenvalue weighted by Crippen LogP contribution is -2.54. The van der Waals surface area contributed by atoms with Crippen LogP contribution in [0.3, 0.4) is 0 Å². The Hall–Kier alpha value is -1.87. The van der Waals surface area contributed by atoms with E-state index >= 15 is 0 Å². The summed E-state index contributed by atoms with van der Waals surface area (Å²) in [6.45, 7) is 3.64. The smallest absolute Gasteiger partial charge is 0.378 e. The first kappa shape index (κ1) is 21.4. The molecule has 0 spiro atoms. The van der Waals surface area contributed by atoms with Gasteiger partial charge in [0.05, 0.1) is 6.04 Å². The lowest BCUT2D eigenvalue weighted by molar-refractivity contribution is -0.376. The molecule has 162 valence electrons. The molecule has 0 aliphatic carbocycles. The average molecular weight is 447 g/mol. The van der Waals surface area contributed by atoms with Gasteiger partial charge in [-0.15, -0.1) is 11.8 Å². The summed E-state index contributed by atoms with van der Waals surface area (Å²) in [5, 5.41) is 13.1. The van der Waals surface area contributed by atoms with Crippen molar-refractivity contribution in [3.63, 3.8) is 0 Å². The molecule has 0 saturated heterocycles. The van der Waals surface area contributed by atoms with Crippen LogP contribution in [0.2, 0.25) is 0 Å². The van der Waals surface area contributed by atoms with E-state index < -0.39 is 28.9 Å². The number of hydrogen-bond acceptors (Lipinski definition) is 3. The third-order valence-electron chi connectivity index (χ3n) is 6.26. The van der Waals surface area contributed by atoms with Crippen LogP contribution in [0.5, 0.6) is 0 Å². The predicted molar refractivity (Wildman–Crippen MR) is 102 cm³/mol. The maximum atomic E-state index is 13.4. The van der Waals surface area contributed by atoms with Gasteiger partial charge in [0.2, 0.25) is 0 Å². The minimum absolute atomic E-state index is 0.0648. The number of thioether (sulfide) groups is 1. The van der Waals surface area contributed by atoms with Crippen LogP contribution in [0, 0.1) is 5.92 Å². The number of benzene rings is 2. The van der Waals surface area contributed by atoms with E-state index in [2.05, 4.69) is 5.32 Å². The van der Waals surface area contributed by atoms with Crippen molar-refractivity contribution in [3.05, 3.63) is 59.2 Å². The first-order chi connectivity index (χ1) is 13.8. The molecular formula is C21H19F6NOS. The molecule has 4 rings (SSSR count). The van der Waals surface area contributed by atoms with Crippen LogP contribution in [0.4, 0.5) is 32.0 Å². The van der Waals surface area contributed by atoms with Crippen LogP contribution >= 0.6 is 11.8 Å². The van der Waals surface area contributed by atoms with Crippen molar-refractivity contribution in [2.75, 3.05) is 11.1 Å². The molecular weight excluding hydrogens is 428 g/mol. The highest BCUT2D eigenvalue weighted by Gasteiger charge is 2.71. The molecule has 2 aliphatic rings. The van der Waals surface area contributed by atoms with Gasteiger partial charge in [-0.3, -0.25) is 0 Å². The maximum Gasteiger partial charge on any atom is 0.430 e. The summed E-state index contributed by atoms with van der Waals surface area (Å²) in [4.78, 5) is 1.10. The van der Waals surface area contributed by atoms with Crippen LogP contribution in [0.1, 0.15) is 36.6 Å². The number of anilines is 1. The van der Waals surface area contributed by atoms with E-state index in [1.807, 2.05) is 38.1 Å². The van der Waals surface area contributed by atoms with Gasteiger partial charge in [0.25, 0.3) is 5.60 Å². The Labute approximate surface area is 173 Å². The highest BCUT2D eigenvalue weighted by molar-refractivity contribution is 7.99. The summed E-state index contributed by atoms with van der Waals surface area (Å²) >= 11 is 1.62. The lowest BCUT2D eigenvalue weighted by atomic mass is 9.65. The number of rotatable bonds is 1. The van der Waals surface area contributed by atoms with E-state index in [1.165, 1.54) is 6.07 Å². The van der Waals surface area contributed by atoms with E-state index in [9.17, 15) is 31.4 Å². The Balaban J connectivity index is 1.85.